The first-order chi connectivity index (χ1) is 14.0. The molecule has 1 fully saturated rings. The Balaban J connectivity index is 1.42. The van der Waals surface area contributed by atoms with Gasteiger partial charge in [0.15, 0.2) is 0 Å². The zero-order valence-electron chi connectivity index (χ0n) is 17.4. The lowest BCUT2D eigenvalue weighted by molar-refractivity contribution is -0.124. The van der Waals surface area contributed by atoms with Crippen molar-refractivity contribution < 1.29 is 9.59 Å². The Hall–Kier alpha value is -2.82. The maximum Gasteiger partial charge on any atom is 0.318 e. The monoisotopic (exact) mass is 393 g/mol. The number of carbonyl (C=O) groups is 2. The Morgan fingerprint density at radius 1 is 0.862 bits per heavy atom. The number of carbonyl (C=O) groups excluding carboxylic acids is 2. The van der Waals surface area contributed by atoms with Crippen molar-refractivity contribution in [2.75, 3.05) is 19.6 Å². The Kier molecular flexibility index (Phi) is 7.28. The van der Waals surface area contributed by atoms with E-state index in [0.717, 1.165) is 25.7 Å². The molecule has 29 heavy (non-hydrogen) atoms. The van der Waals surface area contributed by atoms with E-state index in [0.29, 0.717) is 19.6 Å². The van der Waals surface area contributed by atoms with Crippen molar-refractivity contribution in [3.8, 4) is 0 Å². The number of rotatable bonds is 7. The molecule has 0 saturated carbocycles. The number of urea groups is 1. The molecule has 154 valence electrons. The first kappa shape index (κ1) is 20.9. The Bertz CT molecular complexity index is 746. The van der Waals surface area contributed by atoms with Crippen molar-refractivity contribution in [3.63, 3.8) is 0 Å². The summed E-state index contributed by atoms with van der Waals surface area (Å²) in [7, 11) is 0. The molecule has 2 aromatic rings. The summed E-state index contributed by atoms with van der Waals surface area (Å²) in [5.41, 5.74) is 4.86. The van der Waals surface area contributed by atoms with Crippen molar-refractivity contribution in [1.29, 1.82) is 0 Å². The average Bonchev–Trinajstić information content (AvgIpc) is 3.21. The van der Waals surface area contributed by atoms with Crippen LogP contribution in [0.25, 0.3) is 0 Å². The number of aryl methyl sites for hydroxylation is 2. The highest BCUT2D eigenvalue weighted by atomic mass is 16.2. The summed E-state index contributed by atoms with van der Waals surface area (Å²) in [6, 6.07) is 16.1. The van der Waals surface area contributed by atoms with Gasteiger partial charge in [0.05, 0.1) is 0 Å². The van der Waals surface area contributed by atoms with Gasteiger partial charge >= 0.3 is 6.03 Å². The first-order valence-electron chi connectivity index (χ1n) is 10.5. The molecule has 0 bridgehead atoms. The predicted octanol–water partition coefficient (Wildman–Crippen LogP) is 3.38. The van der Waals surface area contributed by atoms with Crippen molar-refractivity contribution in [3.05, 3.63) is 70.8 Å². The molecule has 0 radical (unpaired) electrons. The van der Waals surface area contributed by atoms with E-state index in [4.69, 9.17) is 0 Å². The zero-order chi connectivity index (χ0) is 20.6. The van der Waals surface area contributed by atoms with Crippen LogP contribution in [0.15, 0.2) is 48.5 Å². The Labute approximate surface area is 173 Å². The van der Waals surface area contributed by atoms with Gasteiger partial charge in [0.2, 0.25) is 5.91 Å². The van der Waals surface area contributed by atoms with Crippen LogP contribution in [0.5, 0.6) is 0 Å². The van der Waals surface area contributed by atoms with Gasteiger partial charge in [-0.1, -0.05) is 59.7 Å². The van der Waals surface area contributed by atoms with Crippen LogP contribution in [0.4, 0.5) is 4.79 Å². The SMILES string of the molecule is Cc1ccc(CCNC(=O)C2CCCN2C(=O)NCCc2ccc(C)cc2)cc1. The molecule has 5 heteroatoms. The summed E-state index contributed by atoms with van der Waals surface area (Å²) < 4.78 is 0. The normalized spacial score (nSPS) is 15.9. The van der Waals surface area contributed by atoms with Gasteiger partial charge in [0, 0.05) is 19.6 Å². The number of benzene rings is 2. The Morgan fingerprint density at radius 2 is 1.38 bits per heavy atom. The third-order valence-corrected chi connectivity index (χ3v) is 5.46. The number of likely N-dealkylation sites (tertiary alicyclic amines) is 1. The van der Waals surface area contributed by atoms with E-state index in [1.165, 1.54) is 22.3 Å². The molecule has 1 unspecified atom stereocenters. The van der Waals surface area contributed by atoms with Gasteiger partial charge in [0.1, 0.15) is 6.04 Å². The summed E-state index contributed by atoms with van der Waals surface area (Å²) in [5, 5.41) is 5.97. The molecule has 3 rings (SSSR count). The molecule has 2 N–H and O–H groups in total. The van der Waals surface area contributed by atoms with Gasteiger partial charge < -0.3 is 15.5 Å². The molecule has 1 atom stereocenters. The first-order valence-corrected chi connectivity index (χ1v) is 10.5. The maximum absolute atomic E-state index is 12.6. The van der Waals surface area contributed by atoms with Gasteiger partial charge in [-0.05, 0) is 50.7 Å². The lowest BCUT2D eigenvalue weighted by Crippen LogP contribution is -2.50. The van der Waals surface area contributed by atoms with Crippen molar-refractivity contribution in [2.24, 2.45) is 0 Å². The van der Waals surface area contributed by atoms with Gasteiger partial charge in [0.25, 0.3) is 0 Å². The van der Waals surface area contributed by atoms with E-state index in [-0.39, 0.29) is 18.0 Å². The highest BCUT2D eigenvalue weighted by Crippen LogP contribution is 2.17. The van der Waals surface area contributed by atoms with Crippen LogP contribution in [-0.2, 0) is 17.6 Å². The van der Waals surface area contributed by atoms with Gasteiger partial charge in [-0.15, -0.1) is 0 Å². The van der Waals surface area contributed by atoms with Crippen LogP contribution in [0.2, 0.25) is 0 Å². The second kappa shape index (κ2) is 10.1. The van der Waals surface area contributed by atoms with E-state index in [1.807, 2.05) is 0 Å². The third kappa shape index (κ3) is 6.08. The second-order valence-corrected chi connectivity index (χ2v) is 7.85. The Morgan fingerprint density at radius 3 is 1.93 bits per heavy atom. The number of nitrogens with one attached hydrogen (secondary N) is 2. The van der Waals surface area contributed by atoms with Crippen molar-refractivity contribution in [1.82, 2.24) is 15.5 Å². The summed E-state index contributed by atoms with van der Waals surface area (Å²) >= 11 is 0. The number of nitrogens with zero attached hydrogens (tertiary/aromatic N) is 1. The molecule has 1 aliphatic rings. The minimum atomic E-state index is -0.368. The summed E-state index contributed by atoms with van der Waals surface area (Å²) in [6.07, 6.45) is 3.16. The molecule has 3 amide bonds. The molecule has 0 aliphatic carbocycles. The fraction of sp³-hybridized carbons (Fsp3) is 0.417. The van der Waals surface area contributed by atoms with Gasteiger partial charge in [-0.2, -0.15) is 0 Å². The molecule has 1 saturated heterocycles. The fourth-order valence-corrected chi connectivity index (χ4v) is 3.66. The number of hydrogen-bond acceptors (Lipinski definition) is 2. The smallest absolute Gasteiger partial charge is 0.318 e. The van der Waals surface area contributed by atoms with Crippen LogP contribution in [0, 0.1) is 13.8 Å². The molecular weight excluding hydrogens is 362 g/mol. The summed E-state index contributed by atoms with van der Waals surface area (Å²) in [6.45, 7) is 5.91. The minimum Gasteiger partial charge on any atom is -0.354 e. The molecule has 2 aromatic carbocycles. The van der Waals surface area contributed by atoms with Crippen LogP contribution in [0.1, 0.15) is 35.1 Å². The second-order valence-electron chi connectivity index (χ2n) is 7.85. The predicted molar refractivity (Wildman–Crippen MR) is 116 cm³/mol. The summed E-state index contributed by atoms with van der Waals surface area (Å²) in [5.74, 6) is -0.0525. The lowest BCUT2D eigenvalue weighted by atomic mass is 10.1. The third-order valence-electron chi connectivity index (χ3n) is 5.46. The topological polar surface area (TPSA) is 61.4 Å². The average molecular weight is 394 g/mol. The standard InChI is InChI=1S/C24H31N3O2/c1-18-5-9-20(10-6-18)13-15-25-23(28)22-4-3-17-27(22)24(29)26-16-14-21-11-7-19(2)8-12-21/h5-12,22H,3-4,13-17H2,1-2H3,(H,25,28)(H,26,29). The fourth-order valence-electron chi connectivity index (χ4n) is 3.66. The minimum absolute atomic E-state index is 0.0525. The lowest BCUT2D eigenvalue weighted by Gasteiger charge is -2.24. The quantitative estimate of drug-likeness (QED) is 0.758. The van der Waals surface area contributed by atoms with Crippen LogP contribution in [0.3, 0.4) is 0 Å². The molecule has 1 heterocycles. The largest absolute Gasteiger partial charge is 0.354 e. The van der Waals surface area contributed by atoms with E-state index in [1.54, 1.807) is 4.90 Å². The van der Waals surface area contributed by atoms with E-state index in [2.05, 4.69) is 73.0 Å². The summed E-state index contributed by atoms with van der Waals surface area (Å²) in [4.78, 5) is 26.8. The number of hydrogen-bond donors (Lipinski definition) is 2. The van der Waals surface area contributed by atoms with Gasteiger partial charge in [-0.25, -0.2) is 4.79 Å². The van der Waals surface area contributed by atoms with Crippen molar-refractivity contribution >= 4 is 11.9 Å². The van der Waals surface area contributed by atoms with Crippen LogP contribution in [-0.4, -0.2) is 42.5 Å². The number of amides is 3. The highest BCUT2D eigenvalue weighted by Gasteiger charge is 2.33. The van der Waals surface area contributed by atoms with Crippen molar-refractivity contribution in [2.45, 2.75) is 45.6 Å². The van der Waals surface area contributed by atoms with Gasteiger partial charge in [-0.3, -0.25) is 4.79 Å². The molecule has 0 aromatic heterocycles. The van der Waals surface area contributed by atoms with E-state index in [9.17, 15) is 9.59 Å². The molecule has 1 aliphatic heterocycles. The maximum atomic E-state index is 12.6. The zero-order valence-corrected chi connectivity index (χ0v) is 17.4. The van der Waals surface area contributed by atoms with Crippen LogP contribution >= 0.6 is 0 Å². The van der Waals surface area contributed by atoms with Crippen LogP contribution < -0.4 is 10.6 Å². The molecule has 0 spiro atoms. The molecule has 5 nitrogen and oxygen atoms in total. The van der Waals surface area contributed by atoms with E-state index < -0.39 is 0 Å². The highest BCUT2D eigenvalue weighted by molar-refractivity contribution is 5.87. The van der Waals surface area contributed by atoms with E-state index >= 15 is 0 Å². The molecular formula is C24H31N3O2.